The van der Waals surface area contributed by atoms with Gasteiger partial charge in [0.1, 0.15) is 0 Å². The van der Waals surface area contributed by atoms with Crippen molar-refractivity contribution in [3.63, 3.8) is 0 Å². The molecule has 0 aromatic carbocycles. The summed E-state index contributed by atoms with van der Waals surface area (Å²) in [5.41, 5.74) is 0. The monoisotopic (exact) mass is 183 g/mol. The van der Waals surface area contributed by atoms with Crippen LogP contribution >= 0.6 is 0 Å². The molecule has 0 heterocycles. The highest BCUT2D eigenvalue weighted by Gasteiger charge is 2.18. The van der Waals surface area contributed by atoms with Gasteiger partial charge in [0.25, 0.3) is 0 Å². The van der Waals surface area contributed by atoms with E-state index in [2.05, 4.69) is 4.18 Å². The summed E-state index contributed by atoms with van der Waals surface area (Å²) in [5, 5.41) is 8.83. The van der Waals surface area contributed by atoms with Gasteiger partial charge in [0, 0.05) is 6.54 Å². The minimum atomic E-state index is -3.88. The van der Waals surface area contributed by atoms with Crippen molar-refractivity contribution in [1.82, 2.24) is 4.47 Å². The Morgan fingerprint density at radius 1 is 1.45 bits per heavy atom. The number of nitrogens with zero attached hydrogens (tertiary/aromatic N) is 1. The van der Waals surface area contributed by atoms with Gasteiger partial charge >= 0.3 is 10.3 Å². The zero-order valence-corrected chi connectivity index (χ0v) is 7.47. The zero-order valence-electron chi connectivity index (χ0n) is 6.65. The van der Waals surface area contributed by atoms with E-state index in [0.29, 0.717) is 6.42 Å². The molecule has 0 amide bonds. The molecule has 0 aliphatic heterocycles. The Kier molecular flexibility index (Phi) is 4.58. The molecule has 0 saturated heterocycles. The van der Waals surface area contributed by atoms with Crippen LogP contribution in [0.15, 0.2) is 0 Å². The summed E-state index contributed by atoms with van der Waals surface area (Å²) in [6.45, 7) is 3.38. The van der Waals surface area contributed by atoms with Crippen LogP contribution in [-0.2, 0) is 14.5 Å². The number of hydrogen-bond acceptors (Lipinski definition) is 4. The van der Waals surface area contributed by atoms with E-state index in [0.717, 1.165) is 0 Å². The number of rotatable bonds is 5. The normalized spacial score (nSPS) is 12.4. The average molecular weight is 183 g/mol. The van der Waals surface area contributed by atoms with Gasteiger partial charge in [-0.05, 0) is 13.3 Å². The maximum atomic E-state index is 10.8. The second-order valence-electron chi connectivity index (χ2n) is 1.91. The highest BCUT2D eigenvalue weighted by atomic mass is 32.2. The van der Waals surface area contributed by atoms with Gasteiger partial charge in [0.15, 0.2) is 0 Å². The Balaban J connectivity index is 4.07. The van der Waals surface area contributed by atoms with Crippen molar-refractivity contribution >= 4 is 10.3 Å². The van der Waals surface area contributed by atoms with Gasteiger partial charge in [-0.1, -0.05) is 11.4 Å². The first kappa shape index (κ1) is 10.8. The molecule has 5 nitrogen and oxygen atoms in total. The predicted molar refractivity (Wildman–Crippen MR) is 39.3 cm³/mol. The first-order valence-electron chi connectivity index (χ1n) is 3.40. The Bertz CT molecular complexity index is 189. The molecule has 0 radical (unpaired) electrons. The molecule has 0 unspecified atom stereocenters. The molecule has 0 bridgehead atoms. The summed E-state index contributed by atoms with van der Waals surface area (Å²) < 4.78 is 26.0. The van der Waals surface area contributed by atoms with E-state index in [-0.39, 0.29) is 17.6 Å². The van der Waals surface area contributed by atoms with E-state index in [1.165, 1.54) is 6.92 Å². The molecule has 0 aliphatic carbocycles. The van der Waals surface area contributed by atoms with Gasteiger partial charge in [0.2, 0.25) is 0 Å². The quantitative estimate of drug-likeness (QED) is 0.625. The van der Waals surface area contributed by atoms with Crippen LogP contribution in [0, 0.1) is 0 Å². The summed E-state index contributed by atoms with van der Waals surface area (Å²) >= 11 is 0. The SMILES string of the molecule is CCCN(O)S(=O)(=O)OCC. The minimum absolute atomic E-state index is 0.0309. The molecule has 0 aromatic rings. The number of hydroxylamine groups is 1. The lowest BCUT2D eigenvalue weighted by Gasteiger charge is -2.12. The largest absolute Gasteiger partial charge is 0.360 e. The number of hydrogen-bond donors (Lipinski definition) is 1. The summed E-state index contributed by atoms with van der Waals surface area (Å²) in [4.78, 5) is 0. The van der Waals surface area contributed by atoms with Crippen LogP contribution in [0.25, 0.3) is 0 Å². The lowest BCUT2D eigenvalue weighted by atomic mass is 10.5. The molecule has 0 saturated carbocycles. The van der Waals surface area contributed by atoms with E-state index >= 15 is 0 Å². The van der Waals surface area contributed by atoms with E-state index in [9.17, 15) is 8.42 Å². The summed E-state index contributed by atoms with van der Waals surface area (Å²) in [5.74, 6) is 0. The lowest BCUT2D eigenvalue weighted by molar-refractivity contribution is -0.0107. The average Bonchev–Trinajstić information content (AvgIpc) is 1.88. The highest BCUT2D eigenvalue weighted by molar-refractivity contribution is 7.84. The lowest BCUT2D eigenvalue weighted by Crippen LogP contribution is -2.29. The van der Waals surface area contributed by atoms with Crippen molar-refractivity contribution in [1.29, 1.82) is 0 Å². The van der Waals surface area contributed by atoms with Gasteiger partial charge in [-0.3, -0.25) is 9.39 Å². The standard InChI is InChI=1S/C5H13NO4S/c1-3-5-6(7)11(8,9)10-4-2/h7H,3-5H2,1-2H3. The van der Waals surface area contributed by atoms with Gasteiger partial charge < -0.3 is 0 Å². The van der Waals surface area contributed by atoms with Crippen molar-refractivity contribution in [2.24, 2.45) is 0 Å². The second-order valence-corrected chi connectivity index (χ2v) is 3.42. The fourth-order valence-electron chi connectivity index (χ4n) is 0.513. The third kappa shape index (κ3) is 3.66. The molecule has 1 N–H and O–H groups in total. The molecule has 11 heavy (non-hydrogen) atoms. The molecular weight excluding hydrogens is 170 g/mol. The summed E-state index contributed by atoms with van der Waals surface area (Å²) in [6.07, 6.45) is 0.544. The summed E-state index contributed by atoms with van der Waals surface area (Å²) in [6, 6.07) is 0. The van der Waals surface area contributed by atoms with Crippen molar-refractivity contribution in [3.8, 4) is 0 Å². The topological polar surface area (TPSA) is 66.8 Å². The molecule has 0 aromatic heterocycles. The Morgan fingerprint density at radius 3 is 2.36 bits per heavy atom. The molecule has 68 valence electrons. The summed E-state index contributed by atoms with van der Waals surface area (Å²) in [7, 11) is -3.88. The molecule has 0 atom stereocenters. The van der Waals surface area contributed by atoms with E-state index in [1.807, 2.05) is 0 Å². The Hall–Kier alpha value is -0.170. The van der Waals surface area contributed by atoms with Crippen molar-refractivity contribution < 1.29 is 17.8 Å². The van der Waals surface area contributed by atoms with Crippen LogP contribution < -0.4 is 0 Å². The molecule has 0 rings (SSSR count). The fraction of sp³-hybridized carbons (Fsp3) is 1.00. The van der Waals surface area contributed by atoms with Crippen molar-refractivity contribution in [2.75, 3.05) is 13.2 Å². The Morgan fingerprint density at radius 2 is 2.00 bits per heavy atom. The highest BCUT2D eigenvalue weighted by Crippen LogP contribution is 1.99. The van der Waals surface area contributed by atoms with Gasteiger partial charge in [-0.15, -0.1) is 0 Å². The van der Waals surface area contributed by atoms with Gasteiger partial charge in [-0.25, -0.2) is 0 Å². The molecule has 6 heteroatoms. The first-order chi connectivity index (χ1) is 5.04. The van der Waals surface area contributed by atoms with Crippen LogP contribution in [0.2, 0.25) is 0 Å². The van der Waals surface area contributed by atoms with Gasteiger partial charge in [0.05, 0.1) is 6.61 Å². The maximum absolute atomic E-state index is 10.8. The van der Waals surface area contributed by atoms with Crippen molar-refractivity contribution in [2.45, 2.75) is 20.3 Å². The van der Waals surface area contributed by atoms with Gasteiger partial charge in [-0.2, -0.15) is 8.42 Å². The van der Waals surface area contributed by atoms with E-state index in [1.54, 1.807) is 6.92 Å². The predicted octanol–water partition coefficient (Wildman–Crippen LogP) is 0.369. The van der Waals surface area contributed by atoms with Crippen LogP contribution in [0.4, 0.5) is 0 Å². The fourth-order valence-corrected chi connectivity index (χ4v) is 1.34. The van der Waals surface area contributed by atoms with Crippen LogP contribution in [0.3, 0.4) is 0 Å². The molecule has 0 aliphatic rings. The molecule has 0 spiro atoms. The minimum Gasteiger partial charge on any atom is -0.298 e. The second kappa shape index (κ2) is 4.66. The third-order valence-electron chi connectivity index (χ3n) is 0.940. The Labute approximate surface area is 66.8 Å². The molecule has 0 fully saturated rings. The van der Waals surface area contributed by atoms with Crippen LogP contribution in [0.5, 0.6) is 0 Å². The van der Waals surface area contributed by atoms with E-state index < -0.39 is 10.3 Å². The van der Waals surface area contributed by atoms with Crippen molar-refractivity contribution in [3.05, 3.63) is 0 Å². The first-order valence-corrected chi connectivity index (χ1v) is 4.77. The molecular formula is C5H13NO4S. The van der Waals surface area contributed by atoms with Crippen LogP contribution in [0.1, 0.15) is 20.3 Å². The van der Waals surface area contributed by atoms with Crippen LogP contribution in [-0.4, -0.2) is 31.2 Å². The maximum Gasteiger partial charge on any atom is 0.360 e. The zero-order chi connectivity index (χ0) is 8.91. The third-order valence-corrected chi connectivity index (χ3v) is 2.17. The van der Waals surface area contributed by atoms with E-state index in [4.69, 9.17) is 5.21 Å². The smallest absolute Gasteiger partial charge is 0.298 e.